The van der Waals surface area contributed by atoms with Crippen LogP contribution in [0.3, 0.4) is 0 Å². The van der Waals surface area contributed by atoms with Crippen molar-refractivity contribution in [1.29, 1.82) is 0 Å². The van der Waals surface area contributed by atoms with Gasteiger partial charge in [-0.25, -0.2) is 9.59 Å². The predicted molar refractivity (Wildman–Crippen MR) is 84.8 cm³/mol. The Kier molecular flexibility index (Phi) is 6.14. The molecule has 1 aliphatic heterocycles. The van der Waals surface area contributed by atoms with E-state index in [4.69, 9.17) is 15.2 Å². The molecule has 130 valence electrons. The van der Waals surface area contributed by atoms with Gasteiger partial charge in [0.15, 0.2) is 6.04 Å². The molecule has 0 bridgehead atoms. The standard InChI is InChI=1S/C16H21N3O5/c1-23-15(21)13-10-18(14(20)9-17)7-8-19(13)16(22)24-11-12-5-3-2-4-6-12/h2-6,13H,7-11,17H2,1H3/t13-/m1/s1. The van der Waals surface area contributed by atoms with Crippen LogP contribution in [-0.4, -0.2) is 67.1 Å². The number of ether oxygens (including phenoxy) is 2. The number of esters is 1. The Morgan fingerprint density at radius 2 is 1.92 bits per heavy atom. The van der Waals surface area contributed by atoms with Gasteiger partial charge in [-0.05, 0) is 5.56 Å². The Balaban J connectivity index is 2.02. The molecule has 2 rings (SSSR count). The lowest BCUT2D eigenvalue weighted by Crippen LogP contribution is -2.60. The van der Waals surface area contributed by atoms with Crippen LogP contribution in [0.1, 0.15) is 5.56 Å². The van der Waals surface area contributed by atoms with Gasteiger partial charge in [0.2, 0.25) is 5.91 Å². The lowest BCUT2D eigenvalue weighted by atomic mass is 10.1. The van der Waals surface area contributed by atoms with Crippen LogP contribution in [0.15, 0.2) is 30.3 Å². The van der Waals surface area contributed by atoms with E-state index < -0.39 is 18.1 Å². The number of nitrogens with zero attached hydrogens (tertiary/aromatic N) is 2. The van der Waals surface area contributed by atoms with E-state index in [9.17, 15) is 14.4 Å². The second-order valence-electron chi connectivity index (χ2n) is 5.32. The van der Waals surface area contributed by atoms with Gasteiger partial charge in [0.25, 0.3) is 0 Å². The summed E-state index contributed by atoms with van der Waals surface area (Å²) in [4.78, 5) is 38.7. The number of methoxy groups -OCH3 is 1. The van der Waals surface area contributed by atoms with Crippen LogP contribution in [-0.2, 0) is 25.7 Å². The number of nitrogens with two attached hydrogens (primary N) is 1. The Bertz CT molecular complexity index is 593. The zero-order chi connectivity index (χ0) is 17.5. The van der Waals surface area contributed by atoms with E-state index in [1.165, 1.54) is 16.9 Å². The molecule has 8 nitrogen and oxygen atoms in total. The highest BCUT2D eigenvalue weighted by Gasteiger charge is 2.38. The SMILES string of the molecule is COC(=O)[C@H]1CN(C(=O)CN)CCN1C(=O)OCc1ccccc1. The molecule has 0 aromatic heterocycles. The number of hydrogen-bond acceptors (Lipinski definition) is 6. The zero-order valence-corrected chi connectivity index (χ0v) is 13.5. The molecule has 1 heterocycles. The maximum atomic E-state index is 12.3. The molecule has 0 unspecified atom stereocenters. The summed E-state index contributed by atoms with van der Waals surface area (Å²) in [6.07, 6.45) is -0.617. The van der Waals surface area contributed by atoms with E-state index >= 15 is 0 Å². The van der Waals surface area contributed by atoms with Gasteiger partial charge in [-0.3, -0.25) is 9.69 Å². The number of carbonyl (C=O) groups is 3. The number of rotatable bonds is 4. The highest BCUT2D eigenvalue weighted by molar-refractivity contribution is 5.84. The number of carbonyl (C=O) groups excluding carboxylic acids is 3. The fourth-order valence-corrected chi connectivity index (χ4v) is 2.50. The van der Waals surface area contributed by atoms with Gasteiger partial charge in [-0.2, -0.15) is 0 Å². The van der Waals surface area contributed by atoms with E-state index in [-0.39, 0.29) is 32.1 Å². The van der Waals surface area contributed by atoms with Crippen LogP contribution >= 0.6 is 0 Å². The number of amides is 2. The highest BCUT2D eigenvalue weighted by atomic mass is 16.6. The predicted octanol–water partition coefficient (Wildman–Crippen LogP) is -0.0323. The monoisotopic (exact) mass is 335 g/mol. The Hall–Kier alpha value is -2.61. The Morgan fingerprint density at radius 1 is 1.21 bits per heavy atom. The Labute approximate surface area is 140 Å². The highest BCUT2D eigenvalue weighted by Crippen LogP contribution is 2.14. The average molecular weight is 335 g/mol. The van der Waals surface area contributed by atoms with Crippen LogP contribution < -0.4 is 5.73 Å². The van der Waals surface area contributed by atoms with Crippen molar-refractivity contribution in [2.24, 2.45) is 5.73 Å². The average Bonchev–Trinajstić information content (AvgIpc) is 2.65. The topological polar surface area (TPSA) is 102 Å². The first kappa shape index (κ1) is 17.7. The first-order valence-electron chi connectivity index (χ1n) is 7.59. The minimum absolute atomic E-state index is 0.0448. The van der Waals surface area contributed by atoms with Crippen LogP contribution in [0, 0.1) is 0 Å². The van der Waals surface area contributed by atoms with Crippen molar-refractivity contribution in [1.82, 2.24) is 9.80 Å². The van der Waals surface area contributed by atoms with E-state index in [2.05, 4.69) is 0 Å². The van der Waals surface area contributed by atoms with Crippen molar-refractivity contribution in [3.05, 3.63) is 35.9 Å². The molecule has 1 fully saturated rings. The van der Waals surface area contributed by atoms with E-state index in [0.29, 0.717) is 6.54 Å². The summed E-state index contributed by atoms with van der Waals surface area (Å²) in [5, 5.41) is 0. The second-order valence-corrected chi connectivity index (χ2v) is 5.32. The molecule has 1 aliphatic rings. The number of piperazine rings is 1. The van der Waals surface area contributed by atoms with Crippen LogP contribution in [0.5, 0.6) is 0 Å². The fourth-order valence-electron chi connectivity index (χ4n) is 2.50. The van der Waals surface area contributed by atoms with Gasteiger partial charge in [-0.1, -0.05) is 30.3 Å². The molecule has 0 spiro atoms. The molecule has 1 aromatic carbocycles. The second kappa shape index (κ2) is 8.30. The van der Waals surface area contributed by atoms with Gasteiger partial charge in [0.05, 0.1) is 20.2 Å². The molecule has 2 amide bonds. The summed E-state index contributed by atoms with van der Waals surface area (Å²) >= 11 is 0. The lowest BCUT2D eigenvalue weighted by molar-refractivity contribution is -0.150. The Morgan fingerprint density at radius 3 is 2.54 bits per heavy atom. The fraction of sp³-hybridized carbons (Fsp3) is 0.438. The third-order valence-electron chi connectivity index (χ3n) is 3.82. The first-order chi connectivity index (χ1) is 11.6. The summed E-state index contributed by atoms with van der Waals surface area (Å²) in [6, 6.07) is 8.33. The minimum Gasteiger partial charge on any atom is -0.467 e. The van der Waals surface area contributed by atoms with E-state index in [0.717, 1.165) is 5.56 Å². The van der Waals surface area contributed by atoms with Crippen molar-refractivity contribution in [2.75, 3.05) is 33.3 Å². The van der Waals surface area contributed by atoms with Gasteiger partial charge in [-0.15, -0.1) is 0 Å². The maximum Gasteiger partial charge on any atom is 0.410 e. The summed E-state index contributed by atoms with van der Waals surface area (Å²) in [5.74, 6) is -0.873. The quantitative estimate of drug-likeness (QED) is 0.775. The van der Waals surface area contributed by atoms with Crippen molar-refractivity contribution in [2.45, 2.75) is 12.6 Å². The molecule has 1 atom stereocenters. The molecule has 1 saturated heterocycles. The lowest BCUT2D eigenvalue weighted by Gasteiger charge is -2.38. The molecular weight excluding hydrogens is 314 g/mol. The van der Waals surface area contributed by atoms with Crippen LogP contribution in [0.2, 0.25) is 0 Å². The van der Waals surface area contributed by atoms with E-state index in [1.54, 1.807) is 0 Å². The van der Waals surface area contributed by atoms with Crippen molar-refractivity contribution in [3.8, 4) is 0 Å². The van der Waals surface area contributed by atoms with Crippen LogP contribution in [0.4, 0.5) is 4.79 Å². The van der Waals surface area contributed by atoms with Gasteiger partial charge >= 0.3 is 12.1 Å². The molecule has 24 heavy (non-hydrogen) atoms. The van der Waals surface area contributed by atoms with Gasteiger partial charge in [0.1, 0.15) is 6.61 Å². The molecule has 8 heteroatoms. The smallest absolute Gasteiger partial charge is 0.410 e. The summed E-state index contributed by atoms with van der Waals surface area (Å²) in [6.45, 7) is 0.480. The van der Waals surface area contributed by atoms with Crippen LogP contribution in [0.25, 0.3) is 0 Å². The maximum absolute atomic E-state index is 12.3. The summed E-state index contributed by atoms with van der Waals surface area (Å²) < 4.78 is 10.0. The summed E-state index contributed by atoms with van der Waals surface area (Å²) in [5.41, 5.74) is 6.20. The van der Waals surface area contributed by atoms with Crippen molar-refractivity contribution < 1.29 is 23.9 Å². The zero-order valence-electron chi connectivity index (χ0n) is 13.5. The molecule has 0 radical (unpaired) electrons. The molecule has 0 saturated carbocycles. The van der Waals surface area contributed by atoms with E-state index in [1.807, 2.05) is 30.3 Å². The third kappa shape index (κ3) is 4.23. The largest absolute Gasteiger partial charge is 0.467 e. The minimum atomic E-state index is -0.900. The normalized spacial score (nSPS) is 17.3. The number of hydrogen-bond donors (Lipinski definition) is 1. The number of benzene rings is 1. The van der Waals surface area contributed by atoms with Crippen molar-refractivity contribution in [3.63, 3.8) is 0 Å². The van der Waals surface area contributed by atoms with Gasteiger partial charge < -0.3 is 20.1 Å². The summed E-state index contributed by atoms with van der Waals surface area (Å²) in [7, 11) is 1.24. The molecular formula is C16H21N3O5. The van der Waals surface area contributed by atoms with Crippen molar-refractivity contribution >= 4 is 18.0 Å². The molecule has 2 N–H and O–H groups in total. The first-order valence-corrected chi connectivity index (χ1v) is 7.59. The van der Waals surface area contributed by atoms with Gasteiger partial charge in [0, 0.05) is 13.1 Å². The molecule has 0 aliphatic carbocycles. The molecule has 1 aromatic rings. The third-order valence-corrected chi connectivity index (χ3v) is 3.82.